The van der Waals surface area contributed by atoms with E-state index < -0.39 is 15.9 Å². The molecule has 1 aliphatic heterocycles. The second-order valence-corrected chi connectivity index (χ2v) is 10.4. The Morgan fingerprint density at radius 2 is 1.94 bits per heavy atom. The summed E-state index contributed by atoms with van der Waals surface area (Å²) in [6, 6.07) is 9.96. The quantitative estimate of drug-likeness (QED) is 0.508. The highest BCUT2D eigenvalue weighted by atomic mass is 32.2. The van der Waals surface area contributed by atoms with Gasteiger partial charge in [-0.05, 0) is 30.3 Å². The molecule has 4 rings (SSSR count). The summed E-state index contributed by atoms with van der Waals surface area (Å²) in [4.78, 5) is 13.3. The number of sulfonamides is 1. The highest BCUT2D eigenvalue weighted by Crippen LogP contribution is 2.33. The highest BCUT2D eigenvalue weighted by Gasteiger charge is 2.27. The predicted octanol–water partition coefficient (Wildman–Crippen LogP) is 2.37. The Labute approximate surface area is 195 Å². The molecule has 176 valence electrons. The molecule has 0 aliphatic carbocycles. The van der Waals surface area contributed by atoms with Crippen molar-refractivity contribution in [2.24, 2.45) is 0 Å². The number of hydrogen-bond donors (Lipinski definition) is 1. The number of morpholine rings is 1. The lowest BCUT2D eigenvalue weighted by molar-refractivity contribution is 0.0731. The summed E-state index contributed by atoms with van der Waals surface area (Å²) in [6.45, 7) is 1.59. The van der Waals surface area contributed by atoms with E-state index >= 15 is 0 Å². The molecule has 0 spiro atoms. The number of nitrogens with zero attached hydrogens (tertiary/aromatic N) is 2. The Kier molecular flexibility index (Phi) is 6.98. The number of hydrogen-bond acceptors (Lipinski definition) is 9. The largest absolute Gasteiger partial charge is 0.497 e. The molecule has 1 aliphatic rings. The Morgan fingerprint density at radius 3 is 2.67 bits per heavy atom. The van der Waals surface area contributed by atoms with Crippen LogP contribution in [0.5, 0.6) is 11.5 Å². The third kappa shape index (κ3) is 5.03. The number of carbonyl (C=O) groups is 1. The van der Waals surface area contributed by atoms with Crippen molar-refractivity contribution in [3.8, 4) is 22.8 Å². The monoisotopic (exact) mass is 493 g/mol. The van der Waals surface area contributed by atoms with Crippen LogP contribution < -0.4 is 14.8 Å². The normalized spacial score (nSPS) is 14.7. The average Bonchev–Trinajstić information content (AvgIpc) is 3.53. The lowest BCUT2D eigenvalue weighted by atomic mass is 10.1. The minimum Gasteiger partial charge on any atom is -0.497 e. The molecule has 1 aromatic carbocycles. The smallest absolute Gasteiger partial charge is 0.273 e. The number of methoxy groups -OCH3 is 2. The van der Waals surface area contributed by atoms with E-state index in [1.807, 2.05) is 0 Å². The van der Waals surface area contributed by atoms with Gasteiger partial charge in [0, 0.05) is 24.0 Å². The summed E-state index contributed by atoms with van der Waals surface area (Å²) in [5, 5.41) is 6.59. The summed E-state index contributed by atoms with van der Waals surface area (Å²) >= 11 is 1.12. The third-order valence-electron chi connectivity index (χ3n) is 5.04. The molecule has 0 radical (unpaired) electrons. The molecular formula is C21H23N3O7S2. The van der Waals surface area contributed by atoms with Gasteiger partial charge in [0.15, 0.2) is 11.5 Å². The van der Waals surface area contributed by atoms with Crippen molar-refractivity contribution in [2.75, 3.05) is 40.5 Å². The minimum atomic E-state index is -3.56. The maximum absolute atomic E-state index is 12.7. The maximum atomic E-state index is 12.7. The third-order valence-corrected chi connectivity index (χ3v) is 8.49. The zero-order valence-corrected chi connectivity index (χ0v) is 19.7. The van der Waals surface area contributed by atoms with Crippen LogP contribution in [0.25, 0.3) is 11.3 Å². The molecule has 0 bridgehead atoms. The van der Waals surface area contributed by atoms with Gasteiger partial charge in [0.1, 0.15) is 15.7 Å². The molecule has 1 N–H and O–H groups in total. The summed E-state index contributed by atoms with van der Waals surface area (Å²) in [6.07, 6.45) is 0. The van der Waals surface area contributed by atoms with Crippen molar-refractivity contribution in [3.63, 3.8) is 0 Å². The van der Waals surface area contributed by atoms with Gasteiger partial charge in [-0.15, -0.1) is 11.3 Å². The van der Waals surface area contributed by atoms with Crippen LogP contribution in [-0.2, 0) is 21.3 Å². The molecule has 10 nitrogen and oxygen atoms in total. The molecule has 3 heterocycles. The Bertz CT molecular complexity index is 1230. The fraction of sp³-hybridized carbons (Fsp3) is 0.333. The Morgan fingerprint density at radius 1 is 1.15 bits per heavy atom. The van der Waals surface area contributed by atoms with E-state index in [0.29, 0.717) is 54.0 Å². The number of aromatic nitrogens is 1. The average molecular weight is 494 g/mol. The maximum Gasteiger partial charge on any atom is 0.273 e. The van der Waals surface area contributed by atoms with Gasteiger partial charge >= 0.3 is 0 Å². The zero-order valence-electron chi connectivity index (χ0n) is 18.1. The van der Waals surface area contributed by atoms with Crippen LogP contribution in [0.15, 0.2) is 45.1 Å². The topological polar surface area (TPSA) is 120 Å². The van der Waals surface area contributed by atoms with E-state index in [1.54, 1.807) is 37.4 Å². The lowest BCUT2D eigenvalue weighted by Gasteiger charge is -2.25. The molecule has 12 heteroatoms. The van der Waals surface area contributed by atoms with E-state index in [0.717, 1.165) is 11.3 Å². The summed E-state index contributed by atoms with van der Waals surface area (Å²) in [5.41, 5.74) is 0.687. The van der Waals surface area contributed by atoms with Gasteiger partial charge in [0.05, 0.1) is 39.5 Å². The molecule has 2 aromatic heterocycles. The number of carbonyl (C=O) groups excluding carboxylic acids is 1. The number of rotatable bonds is 8. The van der Waals surface area contributed by atoms with E-state index in [1.165, 1.54) is 17.5 Å². The van der Waals surface area contributed by atoms with Crippen molar-refractivity contribution >= 4 is 27.3 Å². The van der Waals surface area contributed by atoms with Crippen molar-refractivity contribution < 1.29 is 31.9 Å². The van der Waals surface area contributed by atoms with Crippen LogP contribution in [-0.4, -0.2) is 64.3 Å². The van der Waals surface area contributed by atoms with E-state index in [4.69, 9.17) is 18.7 Å². The van der Waals surface area contributed by atoms with Crippen LogP contribution >= 0.6 is 11.3 Å². The molecule has 1 saturated heterocycles. The van der Waals surface area contributed by atoms with Gasteiger partial charge in [-0.1, -0.05) is 5.16 Å². The van der Waals surface area contributed by atoms with Gasteiger partial charge in [0.25, 0.3) is 15.9 Å². The molecular weight excluding hydrogens is 470 g/mol. The molecule has 0 atom stereocenters. The number of nitrogens with one attached hydrogen (secondary N) is 1. The molecule has 1 fully saturated rings. The van der Waals surface area contributed by atoms with Crippen LogP contribution in [0.3, 0.4) is 0 Å². The summed E-state index contributed by atoms with van der Waals surface area (Å²) < 4.78 is 48.3. The second kappa shape index (κ2) is 9.91. The number of ether oxygens (including phenoxy) is 3. The van der Waals surface area contributed by atoms with Crippen molar-refractivity contribution in [3.05, 3.63) is 47.0 Å². The number of benzene rings is 1. The predicted molar refractivity (Wildman–Crippen MR) is 120 cm³/mol. The van der Waals surface area contributed by atoms with Gasteiger partial charge in [0.2, 0.25) is 0 Å². The standard InChI is InChI=1S/C21H23N3O7S2/c1-28-14-3-5-18(29-2)16(11-14)19-12-17(23-31-19)21(25)22-13-15-4-6-20(32-15)33(26,27)24-7-9-30-10-8-24/h3-6,11-12H,7-10,13H2,1-2H3,(H,22,25). The fourth-order valence-corrected chi connectivity index (χ4v) is 6.14. The van der Waals surface area contributed by atoms with Crippen LogP contribution in [0.4, 0.5) is 0 Å². The number of amides is 1. The van der Waals surface area contributed by atoms with Crippen LogP contribution in [0.1, 0.15) is 15.4 Å². The van der Waals surface area contributed by atoms with Gasteiger partial charge in [-0.2, -0.15) is 4.31 Å². The fourth-order valence-electron chi connectivity index (χ4n) is 3.28. The van der Waals surface area contributed by atoms with E-state index in [2.05, 4.69) is 10.5 Å². The first-order chi connectivity index (χ1) is 15.9. The van der Waals surface area contributed by atoms with Gasteiger partial charge in [-0.3, -0.25) is 4.79 Å². The first-order valence-electron chi connectivity index (χ1n) is 10.1. The molecule has 0 saturated carbocycles. The molecule has 33 heavy (non-hydrogen) atoms. The van der Waals surface area contributed by atoms with E-state index in [9.17, 15) is 13.2 Å². The molecule has 3 aromatic rings. The molecule has 1 amide bonds. The summed E-state index contributed by atoms with van der Waals surface area (Å²) in [5.74, 6) is 1.06. The van der Waals surface area contributed by atoms with E-state index in [-0.39, 0.29) is 16.4 Å². The van der Waals surface area contributed by atoms with Crippen LogP contribution in [0.2, 0.25) is 0 Å². The number of thiophene rings is 1. The first kappa shape index (κ1) is 23.2. The zero-order chi connectivity index (χ0) is 23.4. The van der Waals surface area contributed by atoms with Gasteiger partial charge < -0.3 is 24.1 Å². The molecule has 0 unspecified atom stereocenters. The SMILES string of the molecule is COc1ccc(OC)c(-c2cc(C(=O)NCc3ccc(S(=O)(=O)N4CCOCC4)s3)no2)c1. The second-order valence-electron chi connectivity index (χ2n) is 7.06. The van der Waals surface area contributed by atoms with Gasteiger partial charge in [-0.25, -0.2) is 8.42 Å². The highest BCUT2D eigenvalue weighted by molar-refractivity contribution is 7.91. The van der Waals surface area contributed by atoms with Crippen molar-refractivity contribution in [1.29, 1.82) is 0 Å². The van der Waals surface area contributed by atoms with Crippen molar-refractivity contribution in [1.82, 2.24) is 14.8 Å². The van der Waals surface area contributed by atoms with Crippen molar-refractivity contribution in [2.45, 2.75) is 10.8 Å². The minimum absolute atomic E-state index is 0.0904. The van der Waals surface area contributed by atoms with Crippen LogP contribution in [0, 0.1) is 0 Å². The summed E-state index contributed by atoms with van der Waals surface area (Å²) in [7, 11) is -0.482. The lowest BCUT2D eigenvalue weighted by Crippen LogP contribution is -2.40. The Balaban J connectivity index is 1.42. The Hall–Kier alpha value is -2.93. The first-order valence-corrected chi connectivity index (χ1v) is 12.3.